The van der Waals surface area contributed by atoms with E-state index in [1.165, 1.54) is 12.1 Å². The van der Waals surface area contributed by atoms with Crippen LogP contribution in [0.2, 0.25) is 0 Å². The number of anilines is 1. The van der Waals surface area contributed by atoms with E-state index in [2.05, 4.69) is 58.3 Å². The summed E-state index contributed by atoms with van der Waals surface area (Å²) in [4.78, 5) is 6.33. The summed E-state index contributed by atoms with van der Waals surface area (Å²) in [5.41, 5.74) is 3.19. The van der Waals surface area contributed by atoms with Gasteiger partial charge in [-0.05, 0) is 25.0 Å². The van der Waals surface area contributed by atoms with Crippen LogP contribution >= 0.6 is 0 Å². The van der Waals surface area contributed by atoms with Crippen molar-refractivity contribution in [1.29, 1.82) is 0 Å². The first-order valence-corrected chi connectivity index (χ1v) is 8.43. The summed E-state index contributed by atoms with van der Waals surface area (Å²) in [5, 5.41) is 8.40. The number of aromatic nitrogens is 4. The van der Waals surface area contributed by atoms with Crippen LogP contribution in [0.3, 0.4) is 0 Å². The van der Waals surface area contributed by atoms with Crippen molar-refractivity contribution in [2.24, 2.45) is 0 Å². The highest BCUT2D eigenvalue weighted by Gasteiger charge is 2.08. The Labute approximate surface area is 142 Å². The van der Waals surface area contributed by atoms with Gasteiger partial charge in [-0.2, -0.15) is 0 Å². The molecule has 0 aliphatic rings. The molecule has 6 heteroatoms. The summed E-state index contributed by atoms with van der Waals surface area (Å²) >= 11 is 0. The molecule has 2 heterocycles. The first kappa shape index (κ1) is 16.2. The predicted octanol–water partition coefficient (Wildman–Crippen LogP) is 3.61. The summed E-state index contributed by atoms with van der Waals surface area (Å²) in [5.74, 6) is 0.761. The fourth-order valence-electron chi connectivity index (χ4n) is 2.74. The van der Waals surface area contributed by atoms with Crippen LogP contribution in [-0.4, -0.2) is 33.1 Å². The lowest BCUT2D eigenvalue weighted by molar-refractivity contribution is 0.471. The summed E-state index contributed by atoms with van der Waals surface area (Å²) in [6.45, 7) is 7.13. The van der Waals surface area contributed by atoms with Crippen LogP contribution in [0.5, 0.6) is 0 Å². The van der Waals surface area contributed by atoms with Crippen molar-refractivity contribution in [2.75, 3.05) is 18.0 Å². The first-order chi connectivity index (χ1) is 11.8. The van der Waals surface area contributed by atoms with Crippen molar-refractivity contribution < 1.29 is 4.42 Å². The Hall–Kier alpha value is -2.63. The highest BCUT2D eigenvalue weighted by Crippen LogP contribution is 2.22. The predicted molar refractivity (Wildman–Crippen MR) is 93.9 cm³/mol. The summed E-state index contributed by atoms with van der Waals surface area (Å²) in [6, 6.07) is 8.54. The molecule has 3 aromatic rings. The molecule has 0 aliphatic carbocycles. The van der Waals surface area contributed by atoms with E-state index in [0.717, 1.165) is 42.9 Å². The molecule has 0 fully saturated rings. The van der Waals surface area contributed by atoms with Gasteiger partial charge in [-0.25, -0.2) is 9.67 Å². The van der Waals surface area contributed by atoms with E-state index in [1.54, 1.807) is 10.9 Å². The van der Waals surface area contributed by atoms with Gasteiger partial charge < -0.3 is 9.32 Å². The van der Waals surface area contributed by atoms with E-state index in [0.29, 0.717) is 6.54 Å². The monoisotopic (exact) mass is 325 g/mol. The molecule has 24 heavy (non-hydrogen) atoms. The van der Waals surface area contributed by atoms with E-state index < -0.39 is 0 Å². The lowest BCUT2D eigenvalue weighted by Gasteiger charge is -2.23. The quantitative estimate of drug-likeness (QED) is 0.633. The molecule has 0 aliphatic heterocycles. The Bertz CT molecular complexity index is 727. The summed E-state index contributed by atoms with van der Waals surface area (Å²) in [7, 11) is 0. The first-order valence-electron chi connectivity index (χ1n) is 8.43. The smallest absolute Gasteiger partial charge is 0.180 e. The van der Waals surface area contributed by atoms with E-state index in [1.807, 2.05) is 6.20 Å². The second-order valence-electron chi connectivity index (χ2n) is 5.80. The molecule has 0 unspecified atom stereocenters. The second kappa shape index (κ2) is 7.77. The highest BCUT2D eigenvalue weighted by atomic mass is 16.3. The fraction of sp³-hybridized carbons (Fsp3) is 0.389. The van der Waals surface area contributed by atoms with Crippen molar-refractivity contribution >= 4 is 5.69 Å². The number of oxazole rings is 1. The maximum Gasteiger partial charge on any atom is 0.180 e. The van der Waals surface area contributed by atoms with Gasteiger partial charge in [0, 0.05) is 24.3 Å². The van der Waals surface area contributed by atoms with Crippen LogP contribution in [0.15, 0.2) is 47.5 Å². The molecule has 6 nitrogen and oxygen atoms in total. The number of nitrogens with zero attached hydrogens (tertiary/aromatic N) is 5. The molecule has 0 saturated heterocycles. The molecule has 1 aromatic carbocycles. The van der Waals surface area contributed by atoms with Crippen LogP contribution in [0.25, 0.3) is 11.3 Å². The molecular weight excluding hydrogens is 302 g/mol. The SMILES string of the molecule is CCCN(CCC)c1ccc(-c2cn(Cc3cnco3)nn2)cc1. The van der Waals surface area contributed by atoms with Crippen molar-refractivity contribution in [3.05, 3.63) is 48.8 Å². The average Bonchev–Trinajstić information content (AvgIpc) is 3.27. The summed E-state index contributed by atoms with van der Waals surface area (Å²) < 4.78 is 6.99. The van der Waals surface area contributed by atoms with Crippen LogP contribution in [0, 0.1) is 0 Å². The molecule has 0 radical (unpaired) electrons. The van der Waals surface area contributed by atoms with Crippen molar-refractivity contribution in [1.82, 2.24) is 20.0 Å². The normalized spacial score (nSPS) is 10.9. The zero-order valence-corrected chi connectivity index (χ0v) is 14.2. The van der Waals surface area contributed by atoms with Gasteiger partial charge >= 0.3 is 0 Å². The zero-order chi connectivity index (χ0) is 16.8. The molecule has 0 N–H and O–H groups in total. The molecule has 0 saturated carbocycles. The third-order valence-corrected chi connectivity index (χ3v) is 3.86. The fourth-order valence-corrected chi connectivity index (χ4v) is 2.74. The minimum Gasteiger partial charge on any atom is -0.447 e. The third kappa shape index (κ3) is 3.82. The van der Waals surface area contributed by atoms with Crippen LogP contribution in [0.4, 0.5) is 5.69 Å². The number of benzene rings is 1. The minimum absolute atomic E-state index is 0.534. The molecule has 126 valence electrons. The summed E-state index contributed by atoms with van der Waals surface area (Å²) in [6.07, 6.45) is 7.33. The Morgan fingerprint density at radius 1 is 1.08 bits per heavy atom. The molecule has 0 amide bonds. The lowest BCUT2D eigenvalue weighted by atomic mass is 10.1. The van der Waals surface area contributed by atoms with Gasteiger partial charge in [-0.15, -0.1) is 5.10 Å². The van der Waals surface area contributed by atoms with Gasteiger partial charge in [0.2, 0.25) is 0 Å². The van der Waals surface area contributed by atoms with Gasteiger partial charge in [0.15, 0.2) is 6.39 Å². The lowest BCUT2D eigenvalue weighted by Crippen LogP contribution is -2.24. The van der Waals surface area contributed by atoms with Gasteiger partial charge in [0.05, 0.1) is 12.4 Å². The van der Waals surface area contributed by atoms with E-state index >= 15 is 0 Å². The molecule has 3 rings (SSSR count). The van der Waals surface area contributed by atoms with Gasteiger partial charge in [0.25, 0.3) is 0 Å². The van der Waals surface area contributed by atoms with Crippen LogP contribution in [0.1, 0.15) is 32.4 Å². The molecule has 0 atom stereocenters. The van der Waals surface area contributed by atoms with Gasteiger partial charge in [-0.3, -0.25) is 0 Å². The Balaban J connectivity index is 1.72. The number of rotatable bonds is 8. The maximum absolute atomic E-state index is 5.24. The van der Waals surface area contributed by atoms with Crippen LogP contribution < -0.4 is 4.90 Å². The Kier molecular flexibility index (Phi) is 5.25. The number of hydrogen-bond donors (Lipinski definition) is 0. The largest absolute Gasteiger partial charge is 0.447 e. The number of hydrogen-bond acceptors (Lipinski definition) is 5. The van der Waals surface area contributed by atoms with Crippen molar-refractivity contribution in [3.8, 4) is 11.3 Å². The maximum atomic E-state index is 5.24. The molecule has 2 aromatic heterocycles. The van der Waals surface area contributed by atoms with E-state index in [9.17, 15) is 0 Å². The second-order valence-corrected chi connectivity index (χ2v) is 5.80. The minimum atomic E-state index is 0.534. The van der Waals surface area contributed by atoms with Crippen molar-refractivity contribution in [3.63, 3.8) is 0 Å². The Morgan fingerprint density at radius 2 is 1.83 bits per heavy atom. The zero-order valence-electron chi connectivity index (χ0n) is 14.2. The third-order valence-electron chi connectivity index (χ3n) is 3.86. The van der Waals surface area contributed by atoms with E-state index in [4.69, 9.17) is 4.42 Å². The van der Waals surface area contributed by atoms with Crippen LogP contribution in [-0.2, 0) is 6.54 Å². The van der Waals surface area contributed by atoms with Crippen molar-refractivity contribution in [2.45, 2.75) is 33.2 Å². The van der Waals surface area contributed by atoms with Gasteiger partial charge in [-0.1, -0.05) is 31.2 Å². The topological polar surface area (TPSA) is 60.0 Å². The molecular formula is C18H23N5O. The van der Waals surface area contributed by atoms with Gasteiger partial charge in [0.1, 0.15) is 18.0 Å². The van der Waals surface area contributed by atoms with E-state index in [-0.39, 0.29) is 0 Å². The standard InChI is InChI=1S/C18H23N5O/c1-3-9-22(10-4-2)16-7-5-15(6-8-16)18-13-23(21-20-18)12-17-11-19-14-24-17/h5-8,11,13-14H,3-4,9-10,12H2,1-2H3. The molecule has 0 spiro atoms. The Morgan fingerprint density at radius 3 is 2.46 bits per heavy atom. The highest BCUT2D eigenvalue weighted by molar-refractivity contribution is 5.62. The average molecular weight is 325 g/mol. The molecule has 0 bridgehead atoms.